The fourth-order valence-corrected chi connectivity index (χ4v) is 3.47. The van der Waals surface area contributed by atoms with Gasteiger partial charge in [-0.1, -0.05) is 20.3 Å². The van der Waals surface area contributed by atoms with Gasteiger partial charge >= 0.3 is 0 Å². The first kappa shape index (κ1) is 13.3. The van der Waals surface area contributed by atoms with Crippen LogP contribution in [0.5, 0.6) is 0 Å². The van der Waals surface area contributed by atoms with Crippen molar-refractivity contribution in [3.8, 4) is 0 Å². The lowest BCUT2D eigenvalue weighted by Crippen LogP contribution is -2.57. The third-order valence-corrected chi connectivity index (χ3v) is 4.35. The Morgan fingerprint density at radius 3 is 2.82 bits per heavy atom. The summed E-state index contributed by atoms with van der Waals surface area (Å²) < 4.78 is 5.80. The van der Waals surface area contributed by atoms with E-state index >= 15 is 0 Å². The molecule has 4 atom stereocenters. The second-order valence-corrected chi connectivity index (χ2v) is 5.57. The Kier molecular flexibility index (Phi) is 4.83. The van der Waals surface area contributed by atoms with Gasteiger partial charge in [-0.15, -0.1) is 0 Å². The normalized spacial score (nSPS) is 39.7. The van der Waals surface area contributed by atoms with Gasteiger partial charge in [-0.25, -0.2) is 0 Å². The van der Waals surface area contributed by atoms with Gasteiger partial charge in [0.25, 0.3) is 0 Å². The van der Waals surface area contributed by atoms with E-state index in [0.717, 1.165) is 25.7 Å². The maximum Gasteiger partial charge on any atom is 0.0674 e. The zero-order valence-corrected chi connectivity index (χ0v) is 11.6. The molecular formula is C14H28N2O. The van der Waals surface area contributed by atoms with Gasteiger partial charge in [-0.2, -0.15) is 0 Å². The highest BCUT2D eigenvalue weighted by Crippen LogP contribution is 2.29. The van der Waals surface area contributed by atoms with Gasteiger partial charge in [-0.3, -0.25) is 4.90 Å². The first-order valence-corrected chi connectivity index (χ1v) is 7.37. The lowest BCUT2D eigenvalue weighted by molar-refractivity contribution is -0.0748. The third-order valence-electron chi connectivity index (χ3n) is 4.35. The van der Waals surface area contributed by atoms with Gasteiger partial charge < -0.3 is 10.1 Å². The average molecular weight is 240 g/mol. The van der Waals surface area contributed by atoms with Crippen LogP contribution in [-0.2, 0) is 4.74 Å². The first-order chi connectivity index (χ1) is 8.26. The number of ether oxygens (including phenoxy) is 1. The summed E-state index contributed by atoms with van der Waals surface area (Å²) in [5.74, 6) is 0. The SMILES string of the molecule is CCNC1CCCC1N1CC(C)OCC1CC. The van der Waals surface area contributed by atoms with Crippen molar-refractivity contribution in [2.24, 2.45) is 0 Å². The van der Waals surface area contributed by atoms with Crippen molar-refractivity contribution in [1.29, 1.82) is 0 Å². The smallest absolute Gasteiger partial charge is 0.0674 e. The summed E-state index contributed by atoms with van der Waals surface area (Å²) in [6, 6.07) is 2.08. The first-order valence-electron chi connectivity index (χ1n) is 7.37. The molecular weight excluding hydrogens is 212 g/mol. The van der Waals surface area contributed by atoms with Crippen LogP contribution in [0.1, 0.15) is 46.5 Å². The minimum Gasteiger partial charge on any atom is -0.376 e. The van der Waals surface area contributed by atoms with Crippen molar-refractivity contribution in [2.75, 3.05) is 19.7 Å². The van der Waals surface area contributed by atoms with Crippen molar-refractivity contribution < 1.29 is 4.74 Å². The lowest BCUT2D eigenvalue weighted by atomic mass is 10.0. The van der Waals surface area contributed by atoms with E-state index in [2.05, 4.69) is 31.0 Å². The zero-order chi connectivity index (χ0) is 12.3. The van der Waals surface area contributed by atoms with Gasteiger partial charge in [0.05, 0.1) is 12.7 Å². The number of nitrogens with zero attached hydrogens (tertiary/aromatic N) is 1. The van der Waals surface area contributed by atoms with E-state index in [0.29, 0.717) is 18.2 Å². The number of likely N-dealkylation sites (N-methyl/N-ethyl adjacent to an activating group) is 1. The second kappa shape index (κ2) is 6.17. The molecule has 2 aliphatic rings. The fourth-order valence-electron chi connectivity index (χ4n) is 3.47. The van der Waals surface area contributed by atoms with Crippen LogP contribution in [0.3, 0.4) is 0 Å². The monoisotopic (exact) mass is 240 g/mol. The summed E-state index contributed by atoms with van der Waals surface area (Å²) in [7, 11) is 0. The van der Waals surface area contributed by atoms with Crippen LogP contribution >= 0.6 is 0 Å². The molecule has 1 saturated heterocycles. The molecule has 0 aromatic carbocycles. The van der Waals surface area contributed by atoms with Crippen LogP contribution in [0.25, 0.3) is 0 Å². The van der Waals surface area contributed by atoms with Crippen LogP contribution in [0.2, 0.25) is 0 Å². The number of nitrogens with one attached hydrogen (secondary N) is 1. The van der Waals surface area contributed by atoms with E-state index in [1.807, 2.05) is 0 Å². The van der Waals surface area contributed by atoms with Crippen LogP contribution in [0.4, 0.5) is 0 Å². The number of hydrogen-bond acceptors (Lipinski definition) is 3. The van der Waals surface area contributed by atoms with Crippen molar-refractivity contribution >= 4 is 0 Å². The molecule has 1 saturated carbocycles. The van der Waals surface area contributed by atoms with Crippen LogP contribution in [0.15, 0.2) is 0 Å². The Balaban J connectivity index is 2.01. The third kappa shape index (κ3) is 3.01. The molecule has 1 heterocycles. The number of rotatable bonds is 4. The maximum absolute atomic E-state index is 5.80. The Labute approximate surface area is 106 Å². The Hall–Kier alpha value is -0.120. The standard InChI is InChI=1S/C14H28N2O/c1-4-12-10-17-11(3)9-16(12)14-8-6-7-13(14)15-5-2/h11-15H,4-10H2,1-3H3. The van der Waals surface area contributed by atoms with Gasteiger partial charge in [0.2, 0.25) is 0 Å². The summed E-state index contributed by atoms with van der Waals surface area (Å²) in [6.07, 6.45) is 5.70. The van der Waals surface area contributed by atoms with Crippen molar-refractivity contribution in [3.63, 3.8) is 0 Å². The molecule has 0 radical (unpaired) electrons. The van der Waals surface area contributed by atoms with Gasteiger partial charge in [0.1, 0.15) is 0 Å². The molecule has 3 nitrogen and oxygen atoms in total. The maximum atomic E-state index is 5.80. The zero-order valence-electron chi connectivity index (χ0n) is 11.6. The second-order valence-electron chi connectivity index (χ2n) is 5.57. The molecule has 0 amide bonds. The van der Waals surface area contributed by atoms with E-state index in [1.54, 1.807) is 0 Å². The predicted octanol–water partition coefficient (Wildman–Crippen LogP) is 2.02. The highest BCUT2D eigenvalue weighted by molar-refractivity contribution is 4.94. The van der Waals surface area contributed by atoms with Gasteiger partial charge in [0, 0.05) is 24.7 Å². The summed E-state index contributed by atoms with van der Waals surface area (Å²) >= 11 is 0. The molecule has 0 spiro atoms. The van der Waals surface area contributed by atoms with E-state index in [1.165, 1.54) is 25.7 Å². The van der Waals surface area contributed by atoms with Crippen molar-refractivity contribution in [1.82, 2.24) is 10.2 Å². The van der Waals surface area contributed by atoms with E-state index < -0.39 is 0 Å². The number of hydrogen-bond donors (Lipinski definition) is 1. The molecule has 100 valence electrons. The molecule has 2 rings (SSSR count). The van der Waals surface area contributed by atoms with E-state index in [9.17, 15) is 0 Å². The summed E-state index contributed by atoms with van der Waals surface area (Å²) in [6.45, 7) is 9.84. The minimum absolute atomic E-state index is 0.403. The quantitative estimate of drug-likeness (QED) is 0.813. The van der Waals surface area contributed by atoms with E-state index in [4.69, 9.17) is 4.74 Å². The van der Waals surface area contributed by atoms with Crippen molar-refractivity contribution in [3.05, 3.63) is 0 Å². The highest BCUT2D eigenvalue weighted by atomic mass is 16.5. The van der Waals surface area contributed by atoms with Crippen molar-refractivity contribution in [2.45, 2.75) is 70.7 Å². The molecule has 1 N–H and O–H groups in total. The molecule has 1 aliphatic heterocycles. The Bertz CT molecular complexity index is 234. The van der Waals surface area contributed by atoms with Gasteiger partial charge in [-0.05, 0) is 32.7 Å². The summed E-state index contributed by atoms with van der Waals surface area (Å²) in [4.78, 5) is 2.73. The average Bonchev–Trinajstić information content (AvgIpc) is 2.77. The molecule has 3 heteroatoms. The molecule has 17 heavy (non-hydrogen) atoms. The largest absolute Gasteiger partial charge is 0.376 e. The fraction of sp³-hybridized carbons (Fsp3) is 1.00. The minimum atomic E-state index is 0.403. The topological polar surface area (TPSA) is 24.5 Å². The molecule has 0 aromatic heterocycles. The van der Waals surface area contributed by atoms with E-state index in [-0.39, 0.29) is 0 Å². The van der Waals surface area contributed by atoms with Crippen LogP contribution in [0, 0.1) is 0 Å². The van der Waals surface area contributed by atoms with Crippen LogP contribution < -0.4 is 5.32 Å². The summed E-state index contributed by atoms with van der Waals surface area (Å²) in [5.41, 5.74) is 0. The van der Waals surface area contributed by atoms with Crippen LogP contribution in [-0.4, -0.2) is 48.8 Å². The molecule has 0 bridgehead atoms. The lowest BCUT2D eigenvalue weighted by Gasteiger charge is -2.44. The predicted molar refractivity (Wildman–Crippen MR) is 71.3 cm³/mol. The Morgan fingerprint density at radius 2 is 2.12 bits per heavy atom. The van der Waals surface area contributed by atoms with Gasteiger partial charge in [0.15, 0.2) is 0 Å². The Morgan fingerprint density at radius 1 is 1.29 bits per heavy atom. The molecule has 1 aliphatic carbocycles. The molecule has 2 fully saturated rings. The highest BCUT2D eigenvalue weighted by Gasteiger charge is 2.37. The summed E-state index contributed by atoms with van der Waals surface area (Å²) in [5, 5.41) is 3.67. The number of morpholine rings is 1. The molecule has 0 aromatic rings. The molecule has 4 unspecified atom stereocenters.